The smallest absolute Gasteiger partial charge is 0.274 e. The van der Waals surface area contributed by atoms with E-state index in [4.69, 9.17) is 0 Å². The van der Waals surface area contributed by atoms with Crippen LogP contribution in [0, 0.1) is 17.0 Å². The predicted octanol–water partition coefficient (Wildman–Crippen LogP) is 1.40. The lowest BCUT2D eigenvalue weighted by atomic mass is 10.1. The third-order valence-electron chi connectivity index (χ3n) is 2.43. The Morgan fingerprint density at radius 2 is 2.12 bits per heavy atom. The Labute approximate surface area is 99.4 Å². The van der Waals surface area contributed by atoms with Crippen LogP contribution in [0.2, 0.25) is 0 Å². The molecule has 0 aromatic heterocycles. The molecular formula is C11H15N3O3. The van der Waals surface area contributed by atoms with E-state index in [1.807, 2.05) is 0 Å². The molecule has 0 heterocycles. The number of hydrogen-bond acceptors (Lipinski definition) is 4. The maximum Gasteiger partial charge on any atom is 0.274 e. The van der Waals surface area contributed by atoms with Crippen molar-refractivity contribution in [2.75, 3.05) is 26.0 Å². The van der Waals surface area contributed by atoms with E-state index in [1.165, 1.54) is 11.0 Å². The molecule has 6 nitrogen and oxygen atoms in total. The molecule has 0 bridgehead atoms. The minimum Gasteiger partial charge on any atom is -0.376 e. The molecular weight excluding hydrogens is 222 g/mol. The lowest BCUT2D eigenvalue weighted by Crippen LogP contribution is -2.28. The van der Waals surface area contributed by atoms with Gasteiger partial charge in [0.05, 0.1) is 11.5 Å². The highest BCUT2D eigenvalue weighted by Gasteiger charge is 2.13. The summed E-state index contributed by atoms with van der Waals surface area (Å²) >= 11 is 0. The molecule has 0 atom stereocenters. The fourth-order valence-corrected chi connectivity index (χ4v) is 1.34. The number of amides is 1. The number of benzene rings is 1. The number of likely N-dealkylation sites (N-methyl/N-ethyl adjacent to an activating group) is 1. The fourth-order valence-electron chi connectivity index (χ4n) is 1.34. The summed E-state index contributed by atoms with van der Waals surface area (Å²) in [5.41, 5.74) is 1.19. The van der Waals surface area contributed by atoms with Crippen molar-refractivity contribution >= 4 is 17.3 Å². The number of rotatable bonds is 4. The molecule has 1 aromatic rings. The monoisotopic (exact) mass is 237 g/mol. The first-order valence-electron chi connectivity index (χ1n) is 5.11. The standard InChI is InChI=1S/C11H15N3O3/c1-8-9(12-7-11(15)13(2)3)5-4-6-10(8)14(16)17/h4-6,12H,7H2,1-3H3. The van der Waals surface area contributed by atoms with E-state index in [9.17, 15) is 14.9 Å². The second-order valence-corrected chi connectivity index (χ2v) is 3.85. The Hall–Kier alpha value is -2.11. The van der Waals surface area contributed by atoms with Gasteiger partial charge in [-0.15, -0.1) is 0 Å². The first-order chi connectivity index (χ1) is 7.93. The zero-order valence-corrected chi connectivity index (χ0v) is 10.1. The number of nitro benzene ring substituents is 1. The molecule has 0 unspecified atom stereocenters. The minimum atomic E-state index is -0.436. The maximum atomic E-state index is 11.4. The lowest BCUT2D eigenvalue weighted by molar-refractivity contribution is -0.385. The number of nitro groups is 1. The average molecular weight is 237 g/mol. The van der Waals surface area contributed by atoms with Crippen molar-refractivity contribution < 1.29 is 9.72 Å². The SMILES string of the molecule is Cc1c(NCC(=O)N(C)C)cccc1[N+](=O)[O-]. The molecule has 6 heteroatoms. The highest BCUT2D eigenvalue weighted by Crippen LogP contribution is 2.24. The van der Waals surface area contributed by atoms with Gasteiger partial charge in [0.25, 0.3) is 5.69 Å². The predicted molar refractivity (Wildman–Crippen MR) is 65.0 cm³/mol. The Morgan fingerprint density at radius 1 is 1.47 bits per heavy atom. The van der Waals surface area contributed by atoms with Crippen molar-refractivity contribution in [1.29, 1.82) is 0 Å². The van der Waals surface area contributed by atoms with Crippen molar-refractivity contribution in [3.8, 4) is 0 Å². The number of carbonyl (C=O) groups is 1. The zero-order valence-electron chi connectivity index (χ0n) is 10.1. The summed E-state index contributed by atoms with van der Waals surface area (Å²) in [6.45, 7) is 1.77. The molecule has 1 N–H and O–H groups in total. The Balaban J connectivity index is 2.82. The van der Waals surface area contributed by atoms with Gasteiger partial charge in [0, 0.05) is 31.4 Å². The van der Waals surface area contributed by atoms with Crippen molar-refractivity contribution in [2.45, 2.75) is 6.92 Å². The van der Waals surface area contributed by atoms with Gasteiger partial charge >= 0.3 is 0 Å². The normalized spacial score (nSPS) is 9.82. The third kappa shape index (κ3) is 3.17. The second-order valence-electron chi connectivity index (χ2n) is 3.85. The summed E-state index contributed by atoms with van der Waals surface area (Å²) in [7, 11) is 3.31. The molecule has 1 amide bonds. The summed E-state index contributed by atoms with van der Waals surface area (Å²) in [6, 6.07) is 4.74. The maximum absolute atomic E-state index is 11.4. The van der Waals surface area contributed by atoms with Crippen LogP contribution in [0.5, 0.6) is 0 Å². The highest BCUT2D eigenvalue weighted by atomic mass is 16.6. The van der Waals surface area contributed by atoms with Crippen LogP contribution in [0.1, 0.15) is 5.56 Å². The molecule has 0 fully saturated rings. The summed E-state index contributed by atoms with van der Waals surface area (Å²) in [5.74, 6) is -0.0871. The largest absolute Gasteiger partial charge is 0.376 e. The first kappa shape index (κ1) is 13.0. The second kappa shape index (κ2) is 5.29. The average Bonchev–Trinajstić information content (AvgIpc) is 2.26. The third-order valence-corrected chi connectivity index (χ3v) is 2.43. The van der Waals surface area contributed by atoms with Crippen LogP contribution in [0.15, 0.2) is 18.2 Å². The van der Waals surface area contributed by atoms with E-state index < -0.39 is 4.92 Å². The summed E-state index contributed by atoms with van der Waals surface area (Å²) in [6.07, 6.45) is 0. The van der Waals surface area contributed by atoms with E-state index in [0.717, 1.165) is 0 Å². The Morgan fingerprint density at radius 3 is 2.65 bits per heavy atom. The van der Waals surface area contributed by atoms with Gasteiger partial charge in [-0.05, 0) is 13.0 Å². The minimum absolute atomic E-state index is 0.0484. The van der Waals surface area contributed by atoms with Gasteiger partial charge in [-0.3, -0.25) is 14.9 Å². The number of nitrogens with one attached hydrogen (secondary N) is 1. The Bertz CT molecular complexity index is 444. The van der Waals surface area contributed by atoms with Crippen molar-refractivity contribution in [2.24, 2.45) is 0 Å². The van der Waals surface area contributed by atoms with Crippen LogP contribution in [-0.2, 0) is 4.79 Å². The molecule has 0 spiro atoms. The summed E-state index contributed by atoms with van der Waals surface area (Å²) in [4.78, 5) is 23.1. The number of nitrogens with zero attached hydrogens (tertiary/aromatic N) is 2. The molecule has 0 radical (unpaired) electrons. The van der Waals surface area contributed by atoms with Gasteiger partial charge in [0.1, 0.15) is 0 Å². The van der Waals surface area contributed by atoms with Gasteiger partial charge in [-0.2, -0.15) is 0 Å². The van der Waals surface area contributed by atoms with E-state index in [-0.39, 0.29) is 18.1 Å². The summed E-state index contributed by atoms with van der Waals surface area (Å²) < 4.78 is 0. The van der Waals surface area contributed by atoms with E-state index in [0.29, 0.717) is 11.3 Å². The summed E-state index contributed by atoms with van der Waals surface area (Å²) in [5, 5.41) is 13.6. The molecule has 0 aliphatic rings. The van der Waals surface area contributed by atoms with Crippen molar-refractivity contribution in [3.05, 3.63) is 33.9 Å². The van der Waals surface area contributed by atoms with E-state index in [2.05, 4.69) is 5.32 Å². The molecule has 0 saturated carbocycles. The van der Waals surface area contributed by atoms with Crippen LogP contribution < -0.4 is 5.32 Å². The van der Waals surface area contributed by atoms with Crippen LogP contribution in [0.4, 0.5) is 11.4 Å². The zero-order chi connectivity index (χ0) is 13.0. The van der Waals surface area contributed by atoms with Gasteiger partial charge in [0.15, 0.2) is 0 Å². The van der Waals surface area contributed by atoms with Crippen LogP contribution in [0.25, 0.3) is 0 Å². The van der Waals surface area contributed by atoms with E-state index >= 15 is 0 Å². The molecule has 1 rings (SSSR count). The van der Waals surface area contributed by atoms with Gasteiger partial charge < -0.3 is 10.2 Å². The van der Waals surface area contributed by atoms with E-state index in [1.54, 1.807) is 33.2 Å². The van der Waals surface area contributed by atoms with Crippen LogP contribution in [0.3, 0.4) is 0 Å². The highest BCUT2D eigenvalue weighted by molar-refractivity contribution is 5.80. The molecule has 0 aliphatic carbocycles. The number of anilines is 1. The molecule has 0 aliphatic heterocycles. The lowest BCUT2D eigenvalue weighted by Gasteiger charge is -2.13. The van der Waals surface area contributed by atoms with Crippen LogP contribution in [-0.4, -0.2) is 36.4 Å². The molecule has 92 valence electrons. The first-order valence-corrected chi connectivity index (χ1v) is 5.11. The van der Waals surface area contributed by atoms with Crippen LogP contribution >= 0.6 is 0 Å². The molecule has 1 aromatic carbocycles. The number of hydrogen-bond donors (Lipinski definition) is 1. The van der Waals surface area contributed by atoms with Crippen molar-refractivity contribution in [1.82, 2.24) is 4.90 Å². The van der Waals surface area contributed by atoms with Gasteiger partial charge in [-0.1, -0.05) is 6.07 Å². The Kier molecular flexibility index (Phi) is 4.03. The molecule has 0 saturated heterocycles. The topological polar surface area (TPSA) is 75.5 Å². The quantitative estimate of drug-likeness (QED) is 0.634. The van der Waals surface area contributed by atoms with Gasteiger partial charge in [-0.25, -0.2) is 0 Å². The number of carbonyl (C=O) groups excluding carboxylic acids is 1. The molecule has 17 heavy (non-hydrogen) atoms. The van der Waals surface area contributed by atoms with Crippen molar-refractivity contribution in [3.63, 3.8) is 0 Å². The van der Waals surface area contributed by atoms with Gasteiger partial charge in [0.2, 0.25) is 5.91 Å². The fraction of sp³-hybridized carbons (Fsp3) is 0.364.